The van der Waals surface area contributed by atoms with Gasteiger partial charge in [0.2, 0.25) is 0 Å². The molecule has 0 unspecified atom stereocenters. The van der Waals surface area contributed by atoms with Crippen molar-refractivity contribution >= 4 is 12.2 Å². The van der Waals surface area contributed by atoms with Crippen LogP contribution in [0.25, 0.3) is 0 Å². The fourth-order valence-electron chi connectivity index (χ4n) is 2.30. The topological polar surface area (TPSA) is 83.1 Å². The first-order chi connectivity index (χ1) is 13.5. The summed E-state index contributed by atoms with van der Waals surface area (Å²) in [7, 11) is 0. The average molecular weight is 387 g/mol. The summed E-state index contributed by atoms with van der Waals surface area (Å²) in [4.78, 5) is 23.5. The molecule has 0 aliphatic rings. The molecule has 0 saturated heterocycles. The first-order valence-electron chi connectivity index (χ1n) is 9.04. The standard InChI is InChI=1S/C21H25NO6/c1-4-25-18-11-10-17(19(12-18)28-15(2)3)14-27-21(24)22-20(23)26-13-16-8-6-5-7-9-16/h5-12,15H,4,13-14H2,1-3H3,(H,22,23,24). The summed E-state index contributed by atoms with van der Waals surface area (Å²) < 4.78 is 21.3. The van der Waals surface area contributed by atoms with Gasteiger partial charge in [0.1, 0.15) is 24.7 Å². The van der Waals surface area contributed by atoms with E-state index in [1.54, 1.807) is 18.2 Å². The number of nitrogens with one attached hydrogen (secondary N) is 1. The first kappa shape index (κ1) is 21.1. The molecule has 28 heavy (non-hydrogen) atoms. The van der Waals surface area contributed by atoms with Gasteiger partial charge < -0.3 is 18.9 Å². The summed E-state index contributed by atoms with van der Waals surface area (Å²) in [6, 6.07) is 14.4. The molecular formula is C21H25NO6. The Labute approximate surface area is 164 Å². The van der Waals surface area contributed by atoms with Gasteiger partial charge in [-0.05, 0) is 38.5 Å². The second kappa shape index (κ2) is 10.8. The lowest BCUT2D eigenvalue weighted by Gasteiger charge is -2.16. The van der Waals surface area contributed by atoms with E-state index in [4.69, 9.17) is 18.9 Å². The van der Waals surface area contributed by atoms with Crippen LogP contribution < -0.4 is 14.8 Å². The molecule has 2 aromatic carbocycles. The fourth-order valence-corrected chi connectivity index (χ4v) is 2.30. The Balaban J connectivity index is 1.86. The van der Waals surface area contributed by atoms with E-state index in [2.05, 4.69) is 0 Å². The molecule has 0 aliphatic heterocycles. The quantitative estimate of drug-likeness (QED) is 0.721. The minimum absolute atomic E-state index is 0.0579. The van der Waals surface area contributed by atoms with Crippen LogP contribution in [0.2, 0.25) is 0 Å². The Kier molecular flexibility index (Phi) is 8.14. The van der Waals surface area contributed by atoms with Crippen molar-refractivity contribution in [2.45, 2.75) is 40.1 Å². The zero-order chi connectivity index (χ0) is 20.4. The van der Waals surface area contributed by atoms with Gasteiger partial charge in [-0.1, -0.05) is 30.3 Å². The van der Waals surface area contributed by atoms with Crippen LogP contribution in [0, 0.1) is 0 Å². The minimum Gasteiger partial charge on any atom is -0.494 e. The predicted molar refractivity (Wildman–Crippen MR) is 103 cm³/mol. The predicted octanol–water partition coefficient (Wildman–Crippen LogP) is 4.44. The maximum absolute atomic E-state index is 11.8. The van der Waals surface area contributed by atoms with Gasteiger partial charge in [-0.3, -0.25) is 0 Å². The molecule has 0 radical (unpaired) electrons. The van der Waals surface area contributed by atoms with Gasteiger partial charge in [0.25, 0.3) is 0 Å². The van der Waals surface area contributed by atoms with Gasteiger partial charge in [0.05, 0.1) is 12.7 Å². The molecule has 2 amide bonds. The van der Waals surface area contributed by atoms with Crippen molar-refractivity contribution in [1.82, 2.24) is 5.32 Å². The molecule has 7 heteroatoms. The number of rotatable bonds is 8. The number of amides is 2. The lowest BCUT2D eigenvalue weighted by atomic mass is 10.2. The number of ether oxygens (including phenoxy) is 4. The molecule has 0 heterocycles. The molecule has 0 spiro atoms. The van der Waals surface area contributed by atoms with E-state index in [0.29, 0.717) is 23.7 Å². The third-order valence-electron chi connectivity index (χ3n) is 3.49. The Hall–Kier alpha value is -3.22. The number of benzene rings is 2. The van der Waals surface area contributed by atoms with Gasteiger partial charge in [-0.15, -0.1) is 0 Å². The number of alkyl carbamates (subject to hydrolysis) is 2. The van der Waals surface area contributed by atoms with E-state index in [1.165, 1.54) is 0 Å². The van der Waals surface area contributed by atoms with Crippen LogP contribution in [-0.2, 0) is 22.7 Å². The van der Waals surface area contributed by atoms with Crippen LogP contribution in [0.1, 0.15) is 31.9 Å². The van der Waals surface area contributed by atoms with Crippen molar-refractivity contribution < 1.29 is 28.5 Å². The van der Waals surface area contributed by atoms with Gasteiger partial charge in [0, 0.05) is 11.6 Å². The van der Waals surface area contributed by atoms with Crippen LogP contribution in [-0.4, -0.2) is 24.9 Å². The van der Waals surface area contributed by atoms with E-state index < -0.39 is 12.2 Å². The van der Waals surface area contributed by atoms with Gasteiger partial charge in [0.15, 0.2) is 0 Å². The van der Waals surface area contributed by atoms with Crippen LogP contribution in [0.15, 0.2) is 48.5 Å². The van der Waals surface area contributed by atoms with E-state index >= 15 is 0 Å². The Morgan fingerprint density at radius 2 is 1.64 bits per heavy atom. The third kappa shape index (κ3) is 7.19. The molecule has 0 bridgehead atoms. The molecule has 150 valence electrons. The minimum atomic E-state index is -0.901. The van der Waals surface area contributed by atoms with E-state index in [1.807, 2.05) is 56.4 Å². The maximum atomic E-state index is 11.8. The van der Waals surface area contributed by atoms with Crippen molar-refractivity contribution in [3.8, 4) is 11.5 Å². The molecule has 2 rings (SSSR count). The zero-order valence-corrected chi connectivity index (χ0v) is 16.3. The monoisotopic (exact) mass is 387 g/mol. The third-order valence-corrected chi connectivity index (χ3v) is 3.49. The van der Waals surface area contributed by atoms with Crippen LogP contribution >= 0.6 is 0 Å². The van der Waals surface area contributed by atoms with Crippen molar-refractivity contribution in [2.75, 3.05) is 6.61 Å². The molecule has 1 N–H and O–H groups in total. The first-order valence-corrected chi connectivity index (χ1v) is 9.04. The van der Waals surface area contributed by atoms with Crippen molar-refractivity contribution in [2.24, 2.45) is 0 Å². The fraction of sp³-hybridized carbons (Fsp3) is 0.333. The number of hydrogen-bond acceptors (Lipinski definition) is 6. The summed E-state index contributed by atoms with van der Waals surface area (Å²) in [5, 5.41) is 2.02. The highest BCUT2D eigenvalue weighted by atomic mass is 16.6. The van der Waals surface area contributed by atoms with E-state index in [9.17, 15) is 9.59 Å². The highest BCUT2D eigenvalue weighted by molar-refractivity contribution is 5.87. The number of carbonyl (C=O) groups excluding carboxylic acids is 2. The molecule has 0 saturated carbocycles. The van der Waals surface area contributed by atoms with Crippen LogP contribution in [0.5, 0.6) is 11.5 Å². The molecule has 0 aliphatic carbocycles. The molecule has 2 aromatic rings. The normalized spacial score (nSPS) is 10.3. The van der Waals surface area contributed by atoms with Crippen molar-refractivity contribution in [1.29, 1.82) is 0 Å². The highest BCUT2D eigenvalue weighted by Crippen LogP contribution is 2.26. The molecular weight excluding hydrogens is 362 g/mol. The molecule has 0 aromatic heterocycles. The summed E-state index contributed by atoms with van der Waals surface area (Å²) in [5.74, 6) is 1.22. The Morgan fingerprint density at radius 1 is 0.964 bits per heavy atom. The highest BCUT2D eigenvalue weighted by Gasteiger charge is 2.13. The molecule has 0 fully saturated rings. The van der Waals surface area contributed by atoms with Crippen molar-refractivity contribution in [3.05, 3.63) is 59.7 Å². The lowest BCUT2D eigenvalue weighted by molar-refractivity contribution is 0.116. The van der Waals surface area contributed by atoms with Crippen LogP contribution in [0.4, 0.5) is 9.59 Å². The van der Waals surface area contributed by atoms with Gasteiger partial charge in [-0.25, -0.2) is 14.9 Å². The maximum Gasteiger partial charge on any atom is 0.416 e. The van der Waals surface area contributed by atoms with Gasteiger partial charge >= 0.3 is 12.2 Å². The summed E-state index contributed by atoms with van der Waals surface area (Å²) >= 11 is 0. The van der Waals surface area contributed by atoms with Gasteiger partial charge in [-0.2, -0.15) is 0 Å². The van der Waals surface area contributed by atoms with Crippen LogP contribution in [0.3, 0.4) is 0 Å². The molecule has 7 nitrogen and oxygen atoms in total. The summed E-state index contributed by atoms with van der Waals surface area (Å²) in [6.07, 6.45) is -1.83. The van der Waals surface area contributed by atoms with Crippen molar-refractivity contribution in [3.63, 3.8) is 0 Å². The summed E-state index contributed by atoms with van der Waals surface area (Å²) in [5.41, 5.74) is 1.47. The number of carbonyl (C=O) groups is 2. The summed E-state index contributed by atoms with van der Waals surface area (Å²) in [6.45, 7) is 6.21. The smallest absolute Gasteiger partial charge is 0.416 e. The second-order valence-corrected chi connectivity index (χ2v) is 6.13. The SMILES string of the molecule is CCOc1ccc(COC(=O)NC(=O)OCc2ccccc2)c(OC(C)C)c1. The zero-order valence-electron chi connectivity index (χ0n) is 16.3. The number of imide groups is 1. The Bertz CT molecular complexity index is 776. The second-order valence-electron chi connectivity index (χ2n) is 6.13. The number of hydrogen-bond donors (Lipinski definition) is 1. The van der Waals surface area contributed by atoms with E-state index in [-0.39, 0.29) is 19.3 Å². The largest absolute Gasteiger partial charge is 0.494 e. The Morgan fingerprint density at radius 3 is 2.29 bits per heavy atom. The van der Waals surface area contributed by atoms with E-state index in [0.717, 1.165) is 5.56 Å². The molecule has 0 atom stereocenters. The average Bonchev–Trinajstić information content (AvgIpc) is 2.66. The lowest BCUT2D eigenvalue weighted by Crippen LogP contribution is -2.31.